The smallest absolute Gasteiger partial charge is 0.240 e. The third-order valence-electron chi connectivity index (χ3n) is 4.50. The maximum atomic E-state index is 12.6. The average molecular weight is 307 g/mol. The molecule has 0 unspecified atom stereocenters. The van der Waals surface area contributed by atoms with E-state index in [9.17, 15) is 9.59 Å². The molecule has 2 fully saturated rings. The van der Waals surface area contributed by atoms with Crippen LogP contribution in [-0.2, 0) is 9.59 Å². The summed E-state index contributed by atoms with van der Waals surface area (Å²) >= 11 is 6.07. The van der Waals surface area contributed by atoms with Crippen LogP contribution < -0.4 is 5.32 Å². The summed E-state index contributed by atoms with van der Waals surface area (Å²) in [7, 11) is 0. The van der Waals surface area contributed by atoms with E-state index in [2.05, 4.69) is 5.32 Å². The third-order valence-corrected chi connectivity index (χ3v) is 4.91. The highest BCUT2D eigenvalue weighted by Crippen LogP contribution is 2.48. The van der Waals surface area contributed by atoms with Crippen LogP contribution in [0.25, 0.3) is 0 Å². The van der Waals surface area contributed by atoms with Gasteiger partial charge in [-0.05, 0) is 50.3 Å². The van der Waals surface area contributed by atoms with E-state index >= 15 is 0 Å². The fourth-order valence-electron chi connectivity index (χ4n) is 2.87. The van der Waals surface area contributed by atoms with Gasteiger partial charge in [0, 0.05) is 23.8 Å². The number of likely N-dealkylation sites (tertiary alicyclic amines) is 1. The van der Waals surface area contributed by atoms with Crippen molar-refractivity contribution in [3.63, 3.8) is 0 Å². The van der Waals surface area contributed by atoms with Crippen molar-refractivity contribution in [3.8, 4) is 0 Å². The highest BCUT2D eigenvalue weighted by atomic mass is 35.5. The molecule has 3 rings (SSSR count). The molecule has 0 spiro atoms. The van der Waals surface area contributed by atoms with Crippen LogP contribution in [0.2, 0.25) is 5.02 Å². The summed E-state index contributed by atoms with van der Waals surface area (Å²) in [5, 5.41) is 3.50. The zero-order chi connectivity index (χ0) is 15.0. The molecule has 0 aromatic heterocycles. The van der Waals surface area contributed by atoms with Crippen molar-refractivity contribution >= 4 is 29.1 Å². The van der Waals surface area contributed by atoms with Crippen molar-refractivity contribution in [1.82, 2.24) is 4.90 Å². The quantitative estimate of drug-likeness (QED) is 0.873. The molecule has 21 heavy (non-hydrogen) atoms. The SMILES string of the molecule is Cc1c(Cl)cccc1NC(=O)C1(C(=O)N2CCCC2)CC1. The number of rotatable bonds is 3. The van der Waals surface area contributed by atoms with Crippen LogP contribution >= 0.6 is 11.6 Å². The molecule has 0 atom stereocenters. The monoisotopic (exact) mass is 306 g/mol. The number of carbonyl (C=O) groups is 2. The molecule has 2 amide bonds. The van der Waals surface area contributed by atoms with Crippen LogP contribution in [0.15, 0.2) is 18.2 Å². The molecule has 1 aliphatic heterocycles. The molecular weight excluding hydrogens is 288 g/mol. The van der Waals surface area contributed by atoms with Crippen molar-refractivity contribution in [2.45, 2.75) is 32.6 Å². The summed E-state index contributed by atoms with van der Waals surface area (Å²) in [6, 6.07) is 5.40. The molecule has 0 radical (unpaired) electrons. The predicted octanol–water partition coefficient (Wildman–Crippen LogP) is 2.99. The van der Waals surface area contributed by atoms with Gasteiger partial charge in [-0.1, -0.05) is 17.7 Å². The highest BCUT2D eigenvalue weighted by Gasteiger charge is 2.58. The Morgan fingerprint density at radius 1 is 1.24 bits per heavy atom. The molecule has 112 valence electrons. The molecule has 1 saturated carbocycles. The maximum absolute atomic E-state index is 12.6. The first kappa shape index (κ1) is 14.4. The van der Waals surface area contributed by atoms with E-state index in [1.807, 2.05) is 17.9 Å². The fourth-order valence-corrected chi connectivity index (χ4v) is 3.05. The van der Waals surface area contributed by atoms with Crippen LogP contribution in [0.1, 0.15) is 31.2 Å². The van der Waals surface area contributed by atoms with E-state index in [-0.39, 0.29) is 11.8 Å². The van der Waals surface area contributed by atoms with Crippen molar-refractivity contribution in [1.29, 1.82) is 0 Å². The number of anilines is 1. The zero-order valence-corrected chi connectivity index (χ0v) is 12.9. The number of carbonyl (C=O) groups excluding carboxylic acids is 2. The van der Waals surface area contributed by atoms with E-state index in [0.29, 0.717) is 23.6 Å². The largest absolute Gasteiger partial charge is 0.342 e. The second kappa shape index (κ2) is 5.34. The van der Waals surface area contributed by atoms with Gasteiger partial charge in [-0.15, -0.1) is 0 Å². The van der Waals surface area contributed by atoms with Crippen LogP contribution in [0, 0.1) is 12.3 Å². The first-order chi connectivity index (χ1) is 10.0. The van der Waals surface area contributed by atoms with Gasteiger partial charge in [0.25, 0.3) is 0 Å². The van der Waals surface area contributed by atoms with Gasteiger partial charge < -0.3 is 10.2 Å². The molecule has 1 heterocycles. The second-order valence-electron chi connectivity index (χ2n) is 5.95. The lowest BCUT2D eigenvalue weighted by Crippen LogP contribution is -2.41. The zero-order valence-electron chi connectivity index (χ0n) is 12.1. The average Bonchev–Trinajstić information content (AvgIpc) is 3.10. The Kier molecular flexibility index (Phi) is 3.66. The molecular formula is C16H19ClN2O2. The summed E-state index contributed by atoms with van der Waals surface area (Å²) in [6.45, 7) is 3.42. The van der Waals surface area contributed by atoms with Crippen molar-refractivity contribution < 1.29 is 9.59 Å². The van der Waals surface area contributed by atoms with Crippen molar-refractivity contribution in [3.05, 3.63) is 28.8 Å². The Labute approximate surface area is 129 Å². The van der Waals surface area contributed by atoms with Gasteiger partial charge in [0.05, 0.1) is 0 Å². The van der Waals surface area contributed by atoms with Crippen LogP contribution in [-0.4, -0.2) is 29.8 Å². The van der Waals surface area contributed by atoms with E-state index in [4.69, 9.17) is 11.6 Å². The maximum Gasteiger partial charge on any atom is 0.240 e. The minimum atomic E-state index is -0.834. The second-order valence-corrected chi connectivity index (χ2v) is 6.36. The normalized spacial score (nSPS) is 19.4. The molecule has 5 heteroatoms. The lowest BCUT2D eigenvalue weighted by molar-refractivity contribution is -0.141. The van der Waals surface area contributed by atoms with Gasteiger partial charge in [0.2, 0.25) is 11.8 Å². The van der Waals surface area contributed by atoms with Crippen LogP contribution in [0.4, 0.5) is 5.69 Å². The first-order valence-corrected chi connectivity index (χ1v) is 7.78. The third kappa shape index (κ3) is 2.53. The molecule has 1 N–H and O–H groups in total. The Bertz CT molecular complexity index is 590. The number of hydrogen-bond acceptors (Lipinski definition) is 2. The minimum Gasteiger partial charge on any atom is -0.342 e. The standard InChI is InChI=1S/C16H19ClN2O2/c1-11-12(17)5-4-6-13(11)18-14(20)16(7-8-16)15(21)19-9-2-3-10-19/h4-6H,2-3,7-10H2,1H3,(H,18,20). The Balaban J connectivity index is 1.75. The molecule has 0 bridgehead atoms. The van der Waals surface area contributed by atoms with E-state index in [0.717, 1.165) is 31.5 Å². The van der Waals surface area contributed by atoms with Crippen molar-refractivity contribution in [2.75, 3.05) is 18.4 Å². The number of hydrogen-bond donors (Lipinski definition) is 1. The van der Waals surface area contributed by atoms with Crippen LogP contribution in [0.5, 0.6) is 0 Å². The summed E-state index contributed by atoms with van der Waals surface area (Å²) in [5.74, 6) is -0.193. The van der Waals surface area contributed by atoms with Crippen LogP contribution in [0.3, 0.4) is 0 Å². The molecule has 1 saturated heterocycles. The molecule has 1 aromatic carbocycles. The molecule has 2 aliphatic rings. The number of amides is 2. The number of benzene rings is 1. The van der Waals surface area contributed by atoms with Crippen molar-refractivity contribution in [2.24, 2.45) is 5.41 Å². The lowest BCUT2D eigenvalue weighted by atomic mass is 10.0. The van der Waals surface area contributed by atoms with E-state index in [1.165, 1.54) is 0 Å². The molecule has 1 aliphatic carbocycles. The van der Waals surface area contributed by atoms with E-state index in [1.54, 1.807) is 12.1 Å². The van der Waals surface area contributed by atoms with Gasteiger partial charge in [0.15, 0.2) is 0 Å². The minimum absolute atomic E-state index is 0.00261. The number of nitrogens with one attached hydrogen (secondary N) is 1. The fraction of sp³-hybridized carbons (Fsp3) is 0.500. The van der Waals surface area contributed by atoms with Gasteiger partial charge in [0.1, 0.15) is 5.41 Å². The predicted molar refractivity (Wildman–Crippen MR) is 82.3 cm³/mol. The molecule has 4 nitrogen and oxygen atoms in total. The molecule has 1 aromatic rings. The van der Waals surface area contributed by atoms with Gasteiger partial charge in [-0.2, -0.15) is 0 Å². The summed E-state index contributed by atoms with van der Waals surface area (Å²) < 4.78 is 0. The Morgan fingerprint density at radius 3 is 2.52 bits per heavy atom. The topological polar surface area (TPSA) is 49.4 Å². The van der Waals surface area contributed by atoms with Gasteiger partial charge in [-0.25, -0.2) is 0 Å². The highest BCUT2D eigenvalue weighted by molar-refractivity contribution is 6.31. The Hall–Kier alpha value is -1.55. The summed E-state index contributed by atoms with van der Waals surface area (Å²) in [4.78, 5) is 26.9. The number of halogens is 1. The first-order valence-electron chi connectivity index (χ1n) is 7.40. The number of nitrogens with zero attached hydrogens (tertiary/aromatic N) is 1. The lowest BCUT2D eigenvalue weighted by Gasteiger charge is -2.22. The van der Waals surface area contributed by atoms with Gasteiger partial charge in [-0.3, -0.25) is 9.59 Å². The summed E-state index contributed by atoms with van der Waals surface area (Å²) in [6.07, 6.45) is 3.37. The summed E-state index contributed by atoms with van der Waals surface area (Å²) in [5.41, 5.74) is 0.684. The van der Waals surface area contributed by atoms with E-state index < -0.39 is 5.41 Å². The Morgan fingerprint density at radius 2 is 1.90 bits per heavy atom. The van der Waals surface area contributed by atoms with Gasteiger partial charge >= 0.3 is 0 Å².